The Hall–Kier alpha value is -1.93. The molecule has 0 unspecified atom stereocenters. The van der Waals surface area contributed by atoms with Crippen LogP contribution in [0.1, 0.15) is 39.0 Å². The lowest BCUT2D eigenvalue weighted by molar-refractivity contribution is 0.116. The summed E-state index contributed by atoms with van der Waals surface area (Å²) in [5, 5.41) is 16.6. The monoisotopic (exact) mass is 381 g/mol. The van der Waals surface area contributed by atoms with E-state index in [9.17, 15) is 5.11 Å². The Bertz CT molecular complexity index is 728. The minimum atomic E-state index is -0.349. The Kier molecular flexibility index (Phi) is 7.16. The van der Waals surface area contributed by atoms with Crippen molar-refractivity contribution in [3.8, 4) is 0 Å². The predicted octanol–water partition coefficient (Wildman–Crippen LogP) is 2.44. The number of aliphatic hydroxyl groups excluding tert-OH is 1. The number of fused-ring (bicyclic) bond motifs is 1. The molecule has 2 atom stereocenters. The van der Waals surface area contributed by atoms with Crippen LogP contribution in [0, 0.1) is 0 Å². The lowest BCUT2D eigenvalue weighted by atomic mass is 9.93. The third-order valence-electron chi connectivity index (χ3n) is 4.42. The number of halogens is 1. The molecule has 2 aromatic rings. The topological polar surface area (TPSA) is 99.1 Å². The maximum absolute atomic E-state index is 10.1. The highest BCUT2D eigenvalue weighted by atomic mass is 35.5. The van der Waals surface area contributed by atoms with E-state index in [-0.39, 0.29) is 24.6 Å². The van der Waals surface area contributed by atoms with Crippen molar-refractivity contribution in [2.45, 2.75) is 51.2 Å². The number of aromatic nitrogens is 4. The Morgan fingerprint density at radius 2 is 1.92 bits per heavy atom. The number of nitrogens with one attached hydrogen (secondary N) is 2. The molecule has 0 aromatic carbocycles. The van der Waals surface area contributed by atoms with Crippen LogP contribution in [0.2, 0.25) is 0 Å². The van der Waals surface area contributed by atoms with Crippen molar-refractivity contribution in [2.75, 3.05) is 36.2 Å². The molecule has 0 radical (unpaired) electrons. The van der Waals surface area contributed by atoms with E-state index in [0.717, 1.165) is 44.5 Å². The van der Waals surface area contributed by atoms with Gasteiger partial charge < -0.3 is 20.6 Å². The fourth-order valence-electron chi connectivity index (χ4n) is 3.06. The number of aliphatic hydroxyl groups is 1. The normalized spacial score (nSPS) is 19.7. The van der Waals surface area contributed by atoms with Gasteiger partial charge in [0.15, 0.2) is 5.82 Å². The van der Waals surface area contributed by atoms with Crippen LogP contribution >= 0.6 is 12.4 Å². The fraction of sp³-hybridized carbons (Fsp3) is 0.647. The molecule has 3 rings (SSSR count). The molecule has 0 spiro atoms. The standard InChI is InChI=1S/C17H27N7O.ClH/c1-4-9-18-16-21-12-10-19-17(20-11-7-5-6-8-13(11)25)22-14(12)15(23-16)24(2)3;/h10-11,13,25H,4-9H2,1-3H3,(H,18,21,23)(H,19,20,22);1H/t11-,13-;/m1./s1. The molecule has 8 nitrogen and oxygen atoms in total. The molecule has 144 valence electrons. The second-order valence-electron chi connectivity index (χ2n) is 6.72. The summed E-state index contributed by atoms with van der Waals surface area (Å²) in [5.41, 5.74) is 1.40. The second-order valence-corrected chi connectivity index (χ2v) is 6.72. The first-order valence-corrected chi connectivity index (χ1v) is 8.99. The van der Waals surface area contributed by atoms with Gasteiger partial charge in [-0.2, -0.15) is 4.98 Å². The summed E-state index contributed by atoms with van der Waals surface area (Å²) >= 11 is 0. The lowest BCUT2D eigenvalue weighted by Crippen LogP contribution is -2.36. The summed E-state index contributed by atoms with van der Waals surface area (Å²) < 4.78 is 0. The quantitative estimate of drug-likeness (QED) is 0.701. The molecule has 9 heteroatoms. The van der Waals surface area contributed by atoms with Gasteiger partial charge in [-0.1, -0.05) is 19.8 Å². The lowest BCUT2D eigenvalue weighted by Gasteiger charge is -2.28. The number of hydrogen-bond acceptors (Lipinski definition) is 8. The molecule has 26 heavy (non-hydrogen) atoms. The molecule has 1 aliphatic rings. The summed E-state index contributed by atoms with van der Waals surface area (Å²) in [6.45, 7) is 2.92. The van der Waals surface area contributed by atoms with Crippen molar-refractivity contribution in [3.05, 3.63) is 6.20 Å². The summed E-state index contributed by atoms with van der Waals surface area (Å²) in [5.74, 6) is 1.85. The minimum absolute atomic E-state index is 0. The van der Waals surface area contributed by atoms with Gasteiger partial charge in [0.25, 0.3) is 0 Å². The largest absolute Gasteiger partial charge is 0.391 e. The molecule has 2 aromatic heterocycles. The van der Waals surface area contributed by atoms with Gasteiger partial charge in [-0.3, -0.25) is 0 Å². The molecule has 0 amide bonds. The van der Waals surface area contributed by atoms with Crippen LogP contribution in [0.3, 0.4) is 0 Å². The molecule has 3 N–H and O–H groups in total. The molecule has 2 heterocycles. The number of anilines is 3. The van der Waals surface area contributed by atoms with E-state index >= 15 is 0 Å². The van der Waals surface area contributed by atoms with Crippen LogP contribution in [0.25, 0.3) is 11.0 Å². The van der Waals surface area contributed by atoms with Crippen LogP contribution in [0.5, 0.6) is 0 Å². The van der Waals surface area contributed by atoms with Gasteiger partial charge in [-0.05, 0) is 19.3 Å². The Balaban J connectivity index is 0.00000243. The van der Waals surface area contributed by atoms with E-state index < -0.39 is 0 Å². The van der Waals surface area contributed by atoms with Crippen LogP contribution in [-0.2, 0) is 0 Å². The third kappa shape index (κ3) is 4.62. The average Bonchev–Trinajstić information content (AvgIpc) is 2.61. The molecule has 0 aliphatic heterocycles. The van der Waals surface area contributed by atoms with Gasteiger partial charge in [-0.25, -0.2) is 15.0 Å². The van der Waals surface area contributed by atoms with Crippen LogP contribution in [-0.4, -0.2) is 57.8 Å². The number of nitrogens with zero attached hydrogens (tertiary/aromatic N) is 5. The van der Waals surface area contributed by atoms with Gasteiger partial charge in [0.1, 0.15) is 11.0 Å². The van der Waals surface area contributed by atoms with Crippen LogP contribution in [0.4, 0.5) is 17.7 Å². The van der Waals surface area contributed by atoms with E-state index in [4.69, 9.17) is 0 Å². The van der Waals surface area contributed by atoms with Crippen LogP contribution in [0.15, 0.2) is 6.20 Å². The molecule has 0 bridgehead atoms. The zero-order chi connectivity index (χ0) is 17.8. The number of rotatable bonds is 6. The van der Waals surface area contributed by atoms with Gasteiger partial charge >= 0.3 is 0 Å². The molecule has 1 fully saturated rings. The summed E-state index contributed by atoms with van der Waals surface area (Å²) in [6.07, 6.45) is 6.31. The maximum Gasteiger partial charge on any atom is 0.225 e. The van der Waals surface area contributed by atoms with E-state index in [0.29, 0.717) is 22.9 Å². The zero-order valence-electron chi connectivity index (χ0n) is 15.6. The van der Waals surface area contributed by atoms with E-state index in [1.165, 1.54) is 0 Å². The second kappa shape index (κ2) is 9.14. The highest BCUT2D eigenvalue weighted by Gasteiger charge is 2.24. The first-order chi connectivity index (χ1) is 12.1. The SMILES string of the molecule is CCCNc1nc(N(C)C)c2nc(N[C@@H]3CCCC[C@H]3O)ncc2n1.Cl. The molecule has 1 saturated carbocycles. The first-order valence-electron chi connectivity index (χ1n) is 8.99. The molecular formula is C17H28ClN7O. The Labute approximate surface area is 160 Å². The van der Waals surface area contributed by atoms with Gasteiger partial charge in [0.2, 0.25) is 11.9 Å². The van der Waals surface area contributed by atoms with Crippen molar-refractivity contribution in [1.29, 1.82) is 0 Å². The highest BCUT2D eigenvalue weighted by molar-refractivity contribution is 5.86. The number of hydrogen-bond donors (Lipinski definition) is 3. The van der Waals surface area contributed by atoms with Gasteiger partial charge in [-0.15, -0.1) is 12.4 Å². The van der Waals surface area contributed by atoms with Crippen molar-refractivity contribution in [3.63, 3.8) is 0 Å². The van der Waals surface area contributed by atoms with Crippen molar-refractivity contribution in [1.82, 2.24) is 19.9 Å². The zero-order valence-corrected chi connectivity index (χ0v) is 16.4. The van der Waals surface area contributed by atoms with Gasteiger partial charge in [0.05, 0.1) is 18.3 Å². The maximum atomic E-state index is 10.1. The highest BCUT2D eigenvalue weighted by Crippen LogP contribution is 2.25. The Morgan fingerprint density at radius 1 is 1.15 bits per heavy atom. The molecular weight excluding hydrogens is 354 g/mol. The minimum Gasteiger partial charge on any atom is -0.391 e. The van der Waals surface area contributed by atoms with E-state index in [1.807, 2.05) is 19.0 Å². The first kappa shape index (κ1) is 20.4. The molecule has 0 saturated heterocycles. The summed E-state index contributed by atoms with van der Waals surface area (Å²) in [7, 11) is 3.87. The Morgan fingerprint density at radius 3 is 2.62 bits per heavy atom. The van der Waals surface area contributed by atoms with Gasteiger partial charge in [0, 0.05) is 20.6 Å². The molecule has 1 aliphatic carbocycles. The van der Waals surface area contributed by atoms with E-state index in [2.05, 4.69) is 37.5 Å². The third-order valence-corrected chi connectivity index (χ3v) is 4.42. The summed E-state index contributed by atoms with van der Waals surface area (Å²) in [4.78, 5) is 20.0. The fourth-order valence-corrected chi connectivity index (χ4v) is 3.06. The smallest absolute Gasteiger partial charge is 0.225 e. The van der Waals surface area contributed by atoms with Crippen molar-refractivity contribution in [2.24, 2.45) is 0 Å². The van der Waals surface area contributed by atoms with Crippen LogP contribution < -0.4 is 15.5 Å². The van der Waals surface area contributed by atoms with Crippen molar-refractivity contribution < 1.29 is 5.11 Å². The average molecular weight is 382 g/mol. The van der Waals surface area contributed by atoms with E-state index in [1.54, 1.807) is 6.20 Å². The summed E-state index contributed by atoms with van der Waals surface area (Å²) in [6, 6.07) is 0.000388. The predicted molar refractivity (Wildman–Crippen MR) is 107 cm³/mol. The van der Waals surface area contributed by atoms with Crippen molar-refractivity contribution >= 4 is 41.2 Å².